The van der Waals surface area contributed by atoms with Crippen LogP contribution < -0.4 is 14.8 Å². The molecule has 0 bridgehead atoms. The van der Waals surface area contributed by atoms with Crippen LogP contribution in [0.5, 0.6) is 11.5 Å². The molecule has 0 radical (unpaired) electrons. The van der Waals surface area contributed by atoms with E-state index in [1.807, 2.05) is 13.0 Å². The molecule has 7 nitrogen and oxygen atoms in total. The third-order valence-electron chi connectivity index (χ3n) is 3.56. The number of imidazole rings is 1. The average molecular weight is 437 g/mol. The van der Waals surface area contributed by atoms with Crippen LogP contribution in [0.1, 0.15) is 5.69 Å². The normalized spacial score (nSPS) is 10.8. The lowest BCUT2D eigenvalue weighted by molar-refractivity contribution is -0.113. The van der Waals surface area contributed by atoms with Crippen LogP contribution in [0.4, 0.5) is 5.69 Å². The topological polar surface area (TPSA) is 89.1 Å². The number of amides is 1. The summed E-state index contributed by atoms with van der Waals surface area (Å²) in [5.74, 6) is 1.27. The highest BCUT2D eigenvalue weighted by molar-refractivity contribution is 9.10. The summed E-state index contributed by atoms with van der Waals surface area (Å²) in [6.45, 7) is 1.90. The van der Waals surface area contributed by atoms with E-state index in [1.54, 1.807) is 32.4 Å². The number of pyridine rings is 1. The molecule has 0 aliphatic carbocycles. The van der Waals surface area contributed by atoms with Crippen LogP contribution in [0.25, 0.3) is 11.2 Å². The first-order valence-electron chi connectivity index (χ1n) is 7.67. The summed E-state index contributed by atoms with van der Waals surface area (Å²) in [5, 5.41) is 3.47. The van der Waals surface area contributed by atoms with E-state index in [4.69, 9.17) is 9.47 Å². The molecule has 136 valence electrons. The van der Waals surface area contributed by atoms with Crippen LogP contribution >= 0.6 is 27.7 Å². The molecule has 3 rings (SSSR count). The van der Waals surface area contributed by atoms with E-state index >= 15 is 0 Å². The van der Waals surface area contributed by atoms with E-state index in [2.05, 4.69) is 36.2 Å². The highest BCUT2D eigenvalue weighted by Crippen LogP contribution is 2.26. The maximum Gasteiger partial charge on any atom is 0.234 e. The number of aryl methyl sites for hydroxylation is 1. The fourth-order valence-corrected chi connectivity index (χ4v) is 3.25. The third kappa shape index (κ3) is 4.28. The Balaban J connectivity index is 1.66. The lowest BCUT2D eigenvalue weighted by atomic mass is 10.2. The summed E-state index contributed by atoms with van der Waals surface area (Å²) < 4.78 is 11.3. The van der Waals surface area contributed by atoms with Gasteiger partial charge in [0, 0.05) is 28.4 Å². The molecule has 0 fully saturated rings. The molecule has 0 aliphatic heterocycles. The summed E-state index contributed by atoms with van der Waals surface area (Å²) in [4.78, 5) is 24.2. The molecular weight excluding hydrogens is 420 g/mol. The number of ether oxygens (including phenoxy) is 2. The first kappa shape index (κ1) is 18.5. The molecule has 0 saturated carbocycles. The van der Waals surface area contributed by atoms with Crippen LogP contribution in [-0.4, -0.2) is 40.8 Å². The van der Waals surface area contributed by atoms with Gasteiger partial charge in [-0.05, 0) is 28.9 Å². The zero-order valence-corrected chi connectivity index (χ0v) is 16.8. The molecule has 0 spiro atoms. The number of rotatable bonds is 6. The zero-order valence-electron chi connectivity index (χ0n) is 14.4. The van der Waals surface area contributed by atoms with Gasteiger partial charge in [0.05, 0.1) is 31.2 Å². The predicted molar refractivity (Wildman–Crippen MR) is 105 cm³/mol. The molecule has 0 unspecified atom stereocenters. The van der Waals surface area contributed by atoms with Gasteiger partial charge in [0.2, 0.25) is 5.91 Å². The van der Waals surface area contributed by atoms with Crippen molar-refractivity contribution in [3.05, 3.63) is 34.4 Å². The Hall–Kier alpha value is -2.26. The number of aromatic nitrogens is 3. The lowest BCUT2D eigenvalue weighted by Gasteiger charge is -2.09. The number of aromatic amines is 1. The molecule has 26 heavy (non-hydrogen) atoms. The van der Waals surface area contributed by atoms with Gasteiger partial charge < -0.3 is 19.8 Å². The van der Waals surface area contributed by atoms with Crippen molar-refractivity contribution in [3.8, 4) is 11.5 Å². The number of halogens is 1. The van der Waals surface area contributed by atoms with Gasteiger partial charge in [-0.1, -0.05) is 11.8 Å². The van der Waals surface area contributed by atoms with Gasteiger partial charge in [-0.25, -0.2) is 9.97 Å². The van der Waals surface area contributed by atoms with E-state index in [0.717, 1.165) is 15.7 Å². The summed E-state index contributed by atoms with van der Waals surface area (Å²) in [6, 6.07) is 7.14. The number of carbonyl (C=O) groups is 1. The van der Waals surface area contributed by atoms with E-state index in [1.165, 1.54) is 11.8 Å². The molecule has 9 heteroatoms. The molecule has 0 saturated heterocycles. The van der Waals surface area contributed by atoms with Crippen LogP contribution in [-0.2, 0) is 4.79 Å². The fraction of sp³-hybridized carbons (Fsp3) is 0.235. The number of methoxy groups -OCH3 is 2. The van der Waals surface area contributed by atoms with Gasteiger partial charge in [0.15, 0.2) is 10.8 Å². The highest BCUT2D eigenvalue weighted by Gasteiger charge is 2.11. The minimum absolute atomic E-state index is 0.156. The Bertz CT molecular complexity index is 899. The molecule has 0 aliphatic rings. The molecule has 2 heterocycles. The highest BCUT2D eigenvalue weighted by atomic mass is 79.9. The molecule has 1 amide bonds. The number of nitrogens with zero attached hydrogens (tertiary/aromatic N) is 2. The number of H-pyrrole nitrogens is 1. The van der Waals surface area contributed by atoms with Gasteiger partial charge in [0.25, 0.3) is 0 Å². The number of benzene rings is 1. The second-order valence-corrected chi connectivity index (χ2v) is 7.23. The van der Waals surface area contributed by atoms with E-state index in [9.17, 15) is 4.79 Å². The number of hydrogen-bond acceptors (Lipinski definition) is 6. The Morgan fingerprint density at radius 2 is 1.88 bits per heavy atom. The number of nitrogens with one attached hydrogen (secondary N) is 2. The summed E-state index contributed by atoms with van der Waals surface area (Å²) in [7, 11) is 3.12. The van der Waals surface area contributed by atoms with Gasteiger partial charge >= 0.3 is 0 Å². The van der Waals surface area contributed by atoms with Crippen LogP contribution in [0, 0.1) is 6.92 Å². The van der Waals surface area contributed by atoms with Gasteiger partial charge in [-0.2, -0.15) is 0 Å². The van der Waals surface area contributed by atoms with Crippen molar-refractivity contribution in [2.45, 2.75) is 12.1 Å². The number of hydrogen-bond donors (Lipinski definition) is 2. The van der Waals surface area contributed by atoms with Crippen LogP contribution in [0.2, 0.25) is 0 Å². The summed E-state index contributed by atoms with van der Waals surface area (Å²) in [6.07, 6.45) is 0. The molecular formula is C17H17BrN4O3S. The van der Waals surface area contributed by atoms with E-state index in [0.29, 0.717) is 28.0 Å². The van der Waals surface area contributed by atoms with Gasteiger partial charge in [-0.3, -0.25) is 4.79 Å². The van der Waals surface area contributed by atoms with Crippen LogP contribution in [0.15, 0.2) is 33.9 Å². The quantitative estimate of drug-likeness (QED) is 0.571. The molecule has 0 atom stereocenters. The molecule has 3 aromatic rings. The second-order valence-electron chi connectivity index (χ2n) is 5.41. The van der Waals surface area contributed by atoms with Crippen molar-refractivity contribution >= 4 is 50.5 Å². The standard InChI is InChI=1S/C17H17BrN4O3S/c1-9-13(18)7-14-16(19-9)22-17(21-14)26-8-15(23)20-10-4-11(24-2)6-12(5-10)25-3/h4-7H,8H2,1-3H3,(H,20,23)(H,19,21,22). The Labute approximate surface area is 163 Å². The van der Waals surface area contributed by atoms with Crippen molar-refractivity contribution in [2.24, 2.45) is 0 Å². The fourth-order valence-electron chi connectivity index (χ4n) is 2.26. The maximum absolute atomic E-state index is 12.2. The third-order valence-corrected chi connectivity index (χ3v) is 5.23. The first-order valence-corrected chi connectivity index (χ1v) is 9.45. The zero-order chi connectivity index (χ0) is 18.7. The smallest absolute Gasteiger partial charge is 0.234 e. The summed E-state index contributed by atoms with van der Waals surface area (Å²) in [5.41, 5.74) is 2.93. The summed E-state index contributed by atoms with van der Waals surface area (Å²) >= 11 is 4.76. The number of carbonyl (C=O) groups excluding carboxylic acids is 1. The molecule has 1 aromatic carbocycles. The first-order chi connectivity index (χ1) is 12.5. The number of anilines is 1. The Kier molecular flexibility index (Phi) is 5.67. The lowest BCUT2D eigenvalue weighted by Crippen LogP contribution is -2.14. The Morgan fingerprint density at radius 1 is 1.19 bits per heavy atom. The van der Waals surface area contributed by atoms with Gasteiger partial charge in [0.1, 0.15) is 11.5 Å². The SMILES string of the molecule is COc1cc(NC(=O)CSc2nc3nc(C)c(Br)cc3[nH]2)cc(OC)c1. The minimum Gasteiger partial charge on any atom is -0.497 e. The maximum atomic E-state index is 12.2. The monoisotopic (exact) mass is 436 g/mol. The van der Waals surface area contributed by atoms with E-state index < -0.39 is 0 Å². The van der Waals surface area contributed by atoms with E-state index in [-0.39, 0.29) is 11.7 Å². The van der Waals surface area contributed by atoms with Crippen LogP contribution in [0.3, 0.4) is 0 Å². The van der Waals surface area contributed by atoms with Crippen molar-refractivity contribution in [3.63, 3.8) is 0 Å². The van der Waals surface area contributed by atoms with Gasteiger partial charge in [-0.15, -0.1) is 0 Å². The number of thioether (sulfide) groups is 1. The number of fused-ring (bicyclic) bond motifs is 1. The largest absolute Gasteiger partial charge is 0.497 e. The van der Waals surface area contributed by atoms with Crippen molar-refractivity contribution < 1.29 is 14.3 Å². The van der Waals surface area contributed by atoms with Crippen molar-refractivity contribution in [2.75, 3.05) is 25.3 Å². The Morgan fingerprint density at radius 3 is 2.54 bits per heavy atom. The second kappa shape index (κ2) is 7.96. The molecule has 2 aromatic heterocycles. The minimum atomic E-state index is -0.156. The predicted octanol–water partition coefficient (Wildman–Crippen LogP) is 3.78. The molecule has 2 N–H and O–H groups in total. The average Bonchev–Trinajstić information content (AvgIpc) is 3.01. The van der Waals surface area contributed by atoms with Crippen molar-refractivity contribution in [1.82, 2.24) is 15.0 Å². The van der Waals surface area contributed by atoms with Crippen molar-refractivity contribution in [1.29, 1.82) is 0 Å².